The van der Waals surface area contributed by atoms with Crippen LogP contribution >= 0.6 is 11.8 Å². The second-order valence-electron chi connectivity index (χ2n) is 4.80. The summed E-state index contributed by atoms with van der Waals surface area (Å²) in [7, 11) is 0. The number of carbonyl (C=O) groups excluding carboxylic acids is 1. The first-order valence-corrected chi connectivity index (χ1v) is 7.17. The van der Waals surface area contributed by atoms with Crippen molar-refractivity contribution in [3.8, 4) is 0 Å². The predicted octanol–water partition coefficient (Wildman–Crippen LogP) is 2.68. The number of thioether (sulfide) groups is 1. The zero-order valence-electron chi connectivity index (χ0n) is 10.1. The largest absolute Gasteiger partial charge is 0.314 e. The van der Waals surface area contributed by atoms with Crippen LogP contribution in [0.25, 0.3) is 0 Å². The first-order valence-electron chi connectivity index (χ1n) is 5.94. The Morgan fingerprint density at radius 1 is 1.33 bits per heavy atom. The van der Waals surface area contributed by atoms with Gasteiger partial charge >= 0.3 is 0 Å². The van der Waals surface area contributed by atoms with Crippen molar-refractivity contribution < 1.29 is 4.79 Å². The molecule has 1 saturated carbocycles. The molecule has 0 aromatic heterocycles. The molecule has 0 aliphatic heterocycles. The van der Waals surface area contributed by atoms with Gasteiger partial charge in [0.2, 0.25) is 0 Å². The molecule has 15 heavy (non-hydrogen) atoms. The van der Waals surface area contributed by atoms with E-state index in [4.69, 9.17) is 0 Å². The van der Waals surface area contributed by atoms with Crippen molar-refractivity contribution >= 4 is 16.9 Å². The van der Waals surface area contributed by atoms with Crippen LogP contribution < -0.4 is 5.32 Å². The van der Waals surface area contributed by atoms with E-state index < -0.39 is 0 Å². The zero-order chi connectivity index (χ0) is 11.3. The Labute approximate surface area is 97.6 Å². The Kier molecular flexibility index (Phi) is 5.69. The molecule has 1 rings (SSSR count). The highest BCUT2D eigenvalue weighted by molar-refractivity contribution is 8.13. The van der Waals surface area contributed by atoms with Crippen molar-refractivity contribution in [1.29, 1.82) is 0 Å². The fraction of sp³-hybridized carbons (Fsp3) is 0.917. The summed E-state index contributed by atoms with van der Waals surface area (Å²) in [5.74, 6) is 1.13. The van der Waals surface area contributed by atoms with Crippen molar-refractivity contribution in [2.24, 2.45) is 11.8 Å². The van der Waals surface area contributed by atoms with Crippen LogP contribution in [-0.4, -0.2) is 24.0 Å². The van der Waals surface area contributed by atoms with Crippen LogP contribution in [0.3, 0.4) is 0 Å². The quantitative estimate of drug-likeness (QED) is 0.803. The van der Waals surface area contributed by atoms with Crippen molar-refractivity contribution in [3.05, 3.63) is 0 Å². The molecule has 0 aromatic rings. The van der Waals surface area contributed by atoms with E-state index in [9.17, 15) is 4.79 Å². The summed E-state index contributed by atoms with van der Waals surface area (Å²) in [5.41, 5.74) is 0. The molecule has 0 radical (unpaired) electrons. The molecular weight excluding hydrogens is 206 g/mol. The number of nitrogens with one attached hydrogen (secondary N) is 1. The predicted molar refractivity (Wildman–Crippen MR) is 67.1 cm³/mol. The van der Waals surface area contributed by atoms with Crippen LogP contribution in [0.4, 0.5) is 0 Å². The van der Waals surface area contributed by atoms with Gasteiger partial charge < -0.3 is 5.32 Å². The van der Waals surface area contributed by atoms with Gasteiger partial charge in [-0.05, 0) is 44.4 Å². The molecule has 0 amide bonds. The maximum absolute atomic E-state index is 11.5. The maximum Gasteiger partial charge on any atom is 0.191 e. The molecule has 0 bridgehead atoms. The highest BCUT2D eigenvalue weighted by atomic mass is 32.2. The first-order chi connectivity index (χ1) is 7.13. The molecule has 0 heterocycles. The minimum atomic E-state index is 0.343. The van der Waals surface area contributed by atoms with Gasteiger partial charge in [0, 0.05) is 12.0 Å². The van der Waals surface area contributed by atoms with Gasteiger partial charge in [0.05, 0.1) is 0 Å². The normalized spacial score (nSPS) is 26.9. The van der Waals surface area contributed by atoms with E-state index in [1.165, 1.54) is 24.6 Å². The topological polar surface area (TPSA) is 29.1 Å². The Hall–Kier alpha value is -0.0200. The van der Waals surface area contributed by atoms with E-state index in [0.29, 0.717) is 17.1 Å². The Bertz CT molecular complexity index is 198. The lowest BCUT2D eigenvalue weighted by atomic mass is 9.82. The summed E-state index contributed by atoms with van der Waals surface area (Å²) in [6.45, 7) is 5.49. The molecular formula is C12H23NOS. The minimum absolute atomic E-state index is 0.343. The van der Waals surface area contributed by atoms with Gasteiger partial charge in [0.15, 0.2) is 5.12 Å². The standard InChI is InChI=1S/C12H23NOS/c1-9(2)13-8-10-4-6-11(7-5-10)12(14)15-3/h9-11,13H,4-8H2,1-3H3. The third-order valence-corrected chi connectivity index (χ3v) is 3.93. The SMILES string of the molecule is CSC(=O)C1CCC(CNC(C)C)CC1. The number of hydrogen-bond acceptors (Lipinski definition) is 3. The maximum atomic E-state index is 11.5. The van der Waals surface area contributed by atoms with Gasteiger partial charge in [-0.2, -0.15) is 0 Å². The molecule has 1 N–H and O–H groups in total. The lowest BCUT2D eigenvalue weighted by molar-refractivity contribution is -0.115. The van der Waals surface area contributed by atoms with E-state index in [0.717, 1.165) is 25.3 Å². The van der Waals surface area contributed by atoms with Crippen molar-refractivity contribution in [1.82, 2.24) is 5.32 Å². The number of hydrogen-bond donors (Lipinski definition) is 1. The van der Waals surface area contributed by atoms with Crippen molar-refractivity contribution in [2.75, 3.05) is 12.8 Å². The van der Waals surface area contributed by atoms with Gasteiger partial charge in [-0.15, -0.1) is 0 Å². The fourth-order valence-electron chi connectivity index (χ4n) is 2.17. The Morgan fingerprint density at radius 2 is 1.93 bits per heavy atom. The van der Waals surface area contributed by atoms with E-state index in [1.54, 1.807) is 0 Å². The molecule has 1 fully saturated rings. The average Bonchev–Trinajstić information content (AvgIpc) is 2.26. The van der Waals surface area contributed by atoms with Gasteiger partial charge in [-0.1, -0.05) is 25.6 Å². The molecule has 88 valence electrons. The third-order valence-electron chi connectivity index (χ3n) is 3.20. The van der Waals surface area contributed by atoms with Crippen LogP contribution in [0.15, 0.2) is 0 Å². The molecule has 1 aliphatic carbocycles. The summed E-state index contributed by atoms with van der Waals surface area (Å²) in [5, 5.41) is 3.88. The average molecular weight is 229 g/mol. The van der Waals surface area contributed by atoms with Gasteiger partial charge in [0.25, 0.3) is 0 Å². The van der Waals surface area contributed by atoms with Crippen molar-refractivity contribution in [2.45, 2.75) is 45.6 Å². The summed E-state index contributed by atoms with van der Waals surface area (Å²) in [4.78, 5) is 11.5. The molecule has 3 heteroatoms. The van der Waals surface area contributed by atoms with Crippen LogP contribution in [0.5, 0.6) is 0 Å². The molecule has 0 unspecified atom stereocenters. The monoisotopic (exact) mass is 229 g/mol. The van der Waals surface area contributed by atoms with Crippen LogP contribution in [0.1, 0.15) is 39.5 Å². The number of carbonyl (C=O) groups is 1. The lowest BCUT2D eigenvalue weighted by Crippen LogP contribution is -2.31. The summed E-state index contributed by atoms with van der Waals surface area (Å²) >= 11 is 1.40. The molecule has 0 spiro atoms. The highest BCUT2D eigenvalue weighted by Gasteiger charge is 2.25. The third kappa shape index (κ3) is 4.56. The molecule has 2 nitrogen and oxygen atoms in total. The minimum Gasteiger partial charge on any atom is -0.314 e. The fourth-order valence-corrected chi connectivity index (χ4v) is 2.74. The Balaban J connectivity index is 2.21. The zero-order valence-corrected chi connectivity index (χ0v) is 10.9. The van der Waals surface area contributed by atoms with Gasteiger partial charge in [0.1, 0.15) is 0 Å². The second kappa shape index (κ2) is 6.54. The first kappa shape index (κ1) is 13.0. The van der Waals surface area contributed by atoms with E-state index in [1.807, 2.05) is 6.26 Å². The van der Waals surface area contributed by atoms with Crippen LogP contribution in [0, 0.1) is 11.8 Å². The van der Waals surface area contributed by atoms with Crippen molar-refractivity contribution in [3.63, 3.8) is 0 Å². The summed E-state index contributed by atoms with van der Waals surface area (Å²) < 4.78 is 0. The summed E-state index contributed by atoms with van der Waals surface area (Å²) in [6, 6.07) is 0.579. The Morgan fingerprint density at radius 3 is 2.40 bits per heavy atom. The van der Waals surface area contributed by atoms with E-state index in [-0.39, 0.29) is 0 Å². The smallest absolute Gasteiger partial charge is 0.191 e. The number of rotatable bonds is 4. The highest BCUT2D eigenvalue weighted by Crippen LogP contribution is 2.30. The van der Waals surface area contributed by atoms with Gasteiger partial charge in [-0.25, -0.2) is 0 Å². The second-order valence-corrected chi connectivity index (χ2v) is 5.61. The molecule has 0 aromatic carbocycles. The van der Waals surface area contributed by atoms with E-state index >= 15 is 0 Å². The lowest BCUT2D eigenvalue weighted by Gasteiger charge is -2.27. The molecule has 0 saturated heterocycles. The van der Waals surface area contributed by atoms with Gasteiger partial charge in [-0.3, -0.25) is 4.79 Å². The van der Waals surface area contributed by atoms with E-state index in [2.05, 4.69) is 19.2 Å². The van der Waals surface area contributed by atoms with Crippen LogP contribution in [0.2, 0.25) is 0 Å². The molecule has 1 aliphatic rings. The molecule has 0 atom stereocenters. The summed E-state index contributed by atoms with van der Waals surface area (Å²) in [6.07, 6.45) is 6.54. The van der Waals surface area contributed by atoms with Crippen LogP contribution in [-0.2, 0) is 4.79 Å².